The Labute approximate surface area is 120 Å². The number of benzene rings is 1. The van der Waals surface area contributed by atoms with Crippen LogP contribution in [-0.2, 0) is 6.42 Å². The van der Waals surface area contributed by atoms with E-state index >= 15 is 0 Å². The summed E-state index contributed by atoms with van der Waals surface area (Å²) in [5, 5.41) is 9.29. The van der Waals surface area contributed by atoms with Crippen LogP contribution in [0, 0.1) is 12.7 Å². The first-order valence-electron chi connectivity index (χ1n) is 6.04. The lowest BCUT2D eigenvalue weighted by atomic mass is 10.1. The Morgan fingerprint density at radius 3 is 2.80 bits per heavy atom. The summed E-state index contributed by atoms with van der Waals surface area (Å²) in [5.41, 5.74) is 1.23. The summed E-state index contributed by atoms with van der Waals surface area (Å²) in [7, 11) is 0. The molecule has 0 saturated heterocycles. The molecule has 20 heavy (non-hydrogen) atoms. The summed E-state index contributed by atoms with van der Waals surface area (Å²) in [6.45, 7) is 3.53. The molecular formula is C14H13FN2O2S. The van der Waals surface area contributed by atoms with E-state index in [2.05, 4.69) is 9.97 Å². The number of halogens is 1. The van der Waals surface area contributed by atoms with Gasteiger partial charge in [-0.25, -0.2) is 19.2 Å². The van der Waals surface area contributed by atoms with Crippen molar-refractivity contribution in [3.63, 3.8) is 0 Å². The molecule has 0 radical (unpaired) electrons. The van der Waals surface area contributed by atoms with Crippen LogP contribution in [-0.4, -0.2) is 21.0 Å². The monoisotopic (exact) mass is 292 g/mol. The van der Waals surface area contributed by atoms with Crippen LogP contribution in [0.15, 0.2) is 34.4 Å². The number of aryl methyl sites for hydroxylation is 2. The van der Waals surface area contributed by atoms with E-state index < -0.39 is 11.8 Å². The maximum Gasteiger partial charge on any atom is 0.335 e. The second-order valence-electron chi connectivity index (χ2n) is 4.18. The van der Waals surface area contributed by atoms with Crippen molar-refractivity contribution >= 4 is 17.7 Å². The average molecular weight is 292 g/mol. The molecule has 104 valence electrons. The molecule has 0 aliphatic carbocycles. The van der Waals surface area contributed by atoms with Crippen molar-refractivity contribution in [3.05, 3.63) is 47.2 Å². The predicted octanol–water partition coefficient (Wildman–Crippen LogP) is 3.34. The van der Waals surface area contributed by atoms with E-state index in [1.54, 1.807) is 19.1 Å². The van der Waals surface area contributed by atoms with E-state index in [-0.39, 0.29) is 10.6 Å². The minimum atomic E-state index is -0.998. The third kappa shape index (κ3) is 2.96. The third-order valence-corrected chi connectivity index (χ3v) is 3.79. The highest BCUT2D eigenvalue weighted by molar-refractivity contribution is 7.99. The number of aromatic nitrogens is 2. The van der Waals surface area contributed by atoms with Crippen LogP contribution in [0.25, 0.3) is 0 Å². The first kappa shape index (κ1) is 14.5. The van der Waals surface area contributed by atoms with Crippen LogP contribution >= 0.6 is 11.8 Å². The summed E-state index contributed by atoms with van der Waals surface area (Å²) in [4.78, 5) is 19.5. The van der Waals surface area contributed by atoms with Gasteiger partial charge in [0.05, 0.1) is 11.3 Å². The van der Waals surface area contributed by atoms with Gasteiger partial charge in [0.1, 0.15) is 11.4 Å². The Kier molecular flexibility index (Phi) is 4.34. The van der Waals surface area contributed by atoms with Crippen molar-refractivity contribution in [1.29, 1.82) is 0 Å². The fourth-order valence-electron chi connectivity index (χ4n) is 1.71. The van der Waals surface area contributed by atoms with E-state index in [1.807, 2.05) is 6.92 Å². The highest BCUT2D eigenvalue weighted by atomic mass is 32.2. The summed E-state index contributed by atoms with van der Waals surface area (Å²) >= 11 is 1.09. The van der Waals surface area contributed by atoms with Gasteiger partial charge in [-0.3, -0.25) is 0 Å². The fourth-order valence-corrected chi connectivity index (χ4v) is 2.56. The SMILES string of the molecule is CCc1ncnc(Sc2ccc(C)c(C(=O)O)c2)c1F. The van der Waals surface area contributed by atoms with Crippen LogP contribution < -0.4 is 0 Å². The zero-order valence-corrected chi connectivity index (χ0v) is 11.9. The third-order valence-electron chi connectivity index (χ3n) is 2.82. The standard InChI is InChI=1S/C14H13FN2O2S/c1-3-11-12(15)13(17-7-16-11)20-9-5-4-8(2)10(6-9)14(18)19/h4-7H,3H2,1-2H3,(H,18,19). The number of hydrogen-bond acceptors (Lipinski definition) is 4. The Balaban J connectivity index is 2.35. The molecule has 0 bridgehead atoms. The number of carboxylic acids is 1. The molecule has 0 saturated carbocycles. The Morgan fingerprint density at radius 1 is 1.40 bits per heavy atom. The number of nitrogens with zero attached hydrogens (tertiary/aromatic N) is 2. The fraction of sp³-hybridized carbons (Fsp3) is 0.214. The van der Waals surface area contributed by atoms with Crippen LogP contribution in [0.1, 0.15) is 28.5 Å². The number of carboxylic acid groups (broad SMARTS) is 1. The van der Waals surface area contributed by atoms with Gasteiger partial charge in [0, 0.05) is 4.90 Å². The predicted molar refractivity (Wildman–Crippen MR) is 73.6 cm³/mol. The summed E-state index contributed by atoms with van der Waals surface area (Å²) in [6, 6.07) is 4.97. The highest BCUT2D eigenvalue weighted by Gasteiger charge is 2.13. The molecule has 2 aromatic rings. The minimum Gasteiger partial charge on any atom is -0.478 e. The lowest BCUT2D eigenvalue weighted by molar-refractivity contribution is 0.0696. The van der Waals surface area contributed by atoms with Crippen LogP contribution in [0.5, 0.6) is 0 Å². The number of carbonyl (C=O) groups is 1. The Hall–Kier alpha value is -1.95. The van der Waals surface area contributed by atoms with Gasteiger partial charge in [-0.05, 0) is 31.0 Å². The molecule has 0 amide bonds. The molecule has 0 aliphatic heterocycles. The molecule has 0 spiro atoms. The van der Waals surface area contributed by atoms with Gasteiger partial charge in [0.25, 0.3) is 0 Å². The van der Waals surface area contributed by atoms with Gasteiger partial charge in [0.2, 0.25) is 0 Å². The van der Waals surface area contributed by atoms with Crippen molar-refractivity contribution in [2.75, 3.05) is 0 Å². The van der Waals surface area contributed by atoms with E-state index in [9.17, 15) is 9.18 Å². The normalized spacial score (nSPS) is 10.6. The lowest BCUT2D eigenvalue weighted by Crippen LogP contribution is -2.00. The lowest BCUT2D eigenvalue weighted by Gasteiger charge is -2.07. The number of rotatable bonds is 4. The van der Waals surface area contributed by atoms with E-state index in [0.29, 0.717) is 22.6 Å². The summed E-state index contributed by atoms with van der Waals surface area (Å²) < 4.78 is 14.0. The maximum absolute atomic E-state index is 14.0. The van der Waals surface area contributed by atoms with Gasteiger partial charge in [-0.1, -0.05) is 24.8 Å². The van der Waals surface area contributed by atoms with Gasteiger partial charge in [-0.15, -0.1) is 0 Å². The highest BCUT2D eigenvalue weighted by Crippen LogP contribution is 2.30. The smallest absolute Gasteiger partial charge is 0.335 e. The molecule has 1 aromatic carbocycles. The van der Waals surface area contributed by atoms with Crippen LogP contribution in [0.3, 0.4) is 0 Å². The first-order chi connectivity index (χ1) is 9.52. The number of aromatic carboxylic acids is 1. The molecule has 0 atom stereocenters. The van der Waals surface area contributed by atoms with Crippen molar-refractivity contribution in [3.8, 4) is 0 Å². The van der Waals surface area contributed by atoms with Crippen molar-refractivity contribution in [1.82, 2.24) is 9.97 Å². The molecule has 0 fully saturated rings. The zero-order chi connectivity index (χ0) is 14.7. The van der Waals surface area contributed by atoms with Gasteiger partial charge in [0.15, 0.2) is 5.82 Å². The topological polar surface area (TPSA) is 63.1 Å². The molecule has 2 rings (SSSR count). The molecule has 4 nitrogen and oxygen atoms in total. The average Bonchev–Trinajstić information content (AvgIpc) is 2.43. The molecule has 1 N–H and O–H groups in total. The van der Waals surface area contributed by atoms with Crippen molar-refractivity contribution in [2.45, 2.75) is 30.2 Å². The Bertz CT molecular complexity index is 662. The van der Waals surface area contributed by atoms with Crippen LogP contribution in [0.4, 0.5) is 4.39 Å². The molecule has 0 unspecified atom stereocenters. The first-order valence-corrected chi connectivity index (χ1v) is 6.85. The maximum atomic E-state index is 14.0. The van der Waals surface area contributed by atoms with E-state index in [0.717, 1.165) is 11.8 Å². The molecule has 0 aliphatic rings. The summed E-state index contributed by atoms with van der Waals surface area (Å²) in [5.74, 6) is -1.44. The second-order valence-corrected chi connectivity index (χ2v) is 5.24. The minimum absolute atomic E-state index is 0.206. The second kappa shape index (κ2) is 6.00. The van der Waals surface area contributed by atoms with Crippen LogP contribution in [0.2, 0.25) is 0 Å². The molecule has 6 heteroatoms. The molecular weight excluding hydrogens is 279 g/mol. The van der Waals surface area contributed by atoms with Crippen molar-refractivity contribution in [2.24, 2.45) is 0 Å². The van der Waals surface area contributed by atoms with E-state index in [4.69, 9.17) is 5.11 Å². The molecule has 1 aromatic heterocycles. The van der Waals surface area contributed by atoms with Crippen molar-refractivity contribution < 1.29 is 14.3 Å². The number of hydrogen-bond donors (Lipinski definition) is 1. The van der Waals surface area contributed by atoms with Gasteiger partial charge < -0.3 is 5.11 Å². The zero-order valence-electron chi connectivity index (χ0n) is 11.1. The Morgan fingerprint density at radius 2 is 2.15 bits per heavy atom. The van der Waals surface area contributed by atoms with Gasteiger partial charge in [-0.2, -0.15) is 0 Å². The van der Waals surface area contributed by atoms with Gasteiger partial charge >= 0.3 is 5.97 Å². The quantitative estimate of drug-likeness (QED) is 0.876. The summed E-state index contributed by atoms with van der Waals surface area (Å²) in [6.07, 6.45) is 1.80. The van der Waals surface area contributed by atoms with E-state index in [1.165, 1.54) is 12.4 Å². The molecule has 1 heterocycles. The largest absolute Gasteiger partial charge is 0.478 e.